The van der Waals surface area contributed by atoms with Crippen LogP contribution in [-0.2, 0) is 11.3 Å². The fraction of sp³-hybridized carbons (Fsp3) is 0.143. The number of methoxy groups -OCH3 is 2. The van der Waals surface area contributed by atoms with Crippen molar-refractivity contribution in [2.45, 2.75) is 13.5 Å². The van der Waals surface area contributed by atoms with Crippen LogP contribution >= 0.6 is 0 Å². The van der Waals surface area contributed by atoms with Crippen LogP contribution in [0, 0.1) is 6.92 Å². The first kappa shape index (κ1) is 24.0. The normalized spacial score (nSPS) is 10.9. The number of aromatic nitrogens is 4. The highest BCUT2D eigenvalue weighted by molar-refractivity contribution is 6.03. The van der Waals surface area contributed by atoms with Crippen LogP contribution in [-0.4, -0.2) is 39.9 Å². The number of carbonyl (C=O) groups excluding carboxylic acids is 1. The Morgan fingerprint density at radius 2 is 1.54 bits per heavy atom. The van der Waals surface area contributed by atoms with Crippen molar-refractivity contribution in [3.05, 3.63) is 95.9 Å². The number of amides is 1. The largest absolute Gasteiger partial charge is 0.497 e. The van der Waals surface area contributed by atoms with Gasteiger partial charge in [0.2, 0.25) is 0 Å². The first-order chi connectivity index (χ1) is 18.1. The number of aryl methyl sites for hydroxylation is 1. The summed E-state index contributed by atoms with van der Waals surface area (Å²) >= 11 is 0. The lowest BCUT2D eigenvalue weighted by Crippen LogP contribution is -2.18. The average molecular weight is 496 g/mol. The smallest absolute Gasteiger partial charge is 0.278 e. The highest BCUT2D eigenvalue weighted by Crippen LogP contribution is 2.30. The summed E-state index contributed by atoms with van der Waals surface area (Å²) in [5.41, 5.74) is 4.25. The Morgan fingerprint density at radius 3 is 2.22 bits per heavy atom. The standard InChI is InChI=1S/C28H25N5O4/c1-18-26(28(34)29-20-11-15-23(16-12-20)37-22-7-5-4-6-8-22)30-31-27-25(24(17-35-2)32-33(18)27)19-9-13-21(36-3)14-10-19/h4-16H,17H2,1-3H3,(H,29,34). The minimum Gasteiger partial charge on any atom is -0.497 e. The van der Waals surface area contributed by atoms with E-state index in [1.54, 1.807) is 49.9 Å². The van der Waals surface area contributed by atoms with E-state index in [-0.39, 0.29) is 12.3 Å². The maximum absolute atomic E-state index is 13.1. The van der Waals surface area contributed by atoms with E-state index in [0.717, 1.165) is 22.6 Å². The molecule has 9 heteroatoms. The van der Waals surface area contributed by atoms with Gasteiger partial charge in [0, 0.05) is 12.8 Å². The summed E-state index contributed by atoms with van der Waals surface area (Å²) in [6.07, 6.45) is 0. The van der Waals surface area contributed by atoms with Gasteiger partial charge < -0.3 is 19.5 Å². The number of hydrogen-bond acceptors (Lipinski definition) is 7. The molecule has 37 heavy (non-hydrogen) atoms. The van der Waals surface area contributed by atoms with Crippen LogP contribution in [0.25, 0.3) is 16.8 Å². The van der Waals surface area contributed by atoms with Crippen LogP contribution in [0.5, 0.6) is 17.2 Å². The molecule has 1 amide bonds. The number of fused-ring (bicyclic) bond motifs is 1. The first-order valence-corrected chi connectivity index (χ1v) is 11.6. The van der Waals surface area contributed by atoms with Crippen LogP contribution in [0.2, 0.25) is 0 Å². The van der Waals surface area contributed by atoms with E-state index >= 15 is 0 Å². The SMILES string of the molecule is COCc1nn2c(C)c(C(=O)Nc3ccc(Oc4ccccc4)cc3)nnc2c1-c1ccc(OC)cc1. The van der Waals surface area contributed by atoms with Gasteiger partial charge in [-0.25, -0.2) is 4.52 Å². The molecule has 0 aliphatic heterocycles. The highest BCUT2D eigenvalue weighted by atomic mass is 16.5. The zero-order valence-corrected chi connectivity index (χ0v) is 20.6. The lowest BCUT2D eigenvalue weighted by Gasteiger charge is -2.09. The topological polar surface area (TPSA) is 99.9 Å². The van der Waals surface area contributed by atoms with Crippen molar-refractivity contribution < 1.29 is 19.0 Å². The van der Waals surface area contributed by atoms with Crippen molar-refractivity contribution in [1.82, 2.24) is 19.8 Å². The summed E-state index contributed by atoms with van der Waals surface area (Å²) in [6, 6.07) is 24.2. The summed E-state index contributed by atoms with van der Waals surface area (Å²) in [7, 11) is 3.23. The second-order valence-electron chi connectivity index (χ2n) is 8.25. The second kappa shape index (κ2) is 10.5. The Labute approximate surface area is 213 Å². The van der Waals surface area contributed by atoms with E-state index in [0.29, 0.717) is 28.5 Å². The number of anilines is 1. The minimum absolute atomic E-state index is 0.171. The van der Waals surface area contributed by atoms with E-state index in [4.69, 9.17) is 14.2 Å². The molecular weight excluding hydrogens is 470 g/mol. The molecule has 0 aliphatic rings. The number of nitrogens with one attached hydrogen (secondary N) is 1. The predicted molar refractivity (Wildman–Crippen MR) is 139 cm³/mol. The summed E-state index contributed by atoms with van der Waals surface area (Å²) < 4.78 is 18.1. The number of para-hydroxylation sites is 1. The maximum Gasteiger partial charge on any atom is 0.278 e. The molecule has 0 bridgehead atoms. The third-order valence-corrected chi connectivity index (χ3v) is 5.80. The van der Waals surface area contributed by atoms with Gasteiger partial charge in [-0.15, -0.1) is 10.2 Å². The zero-order valence-electron chi connectivity index (χ0n) is 20.6. The number of carbonyl (C=O) groups is 1. The molecule has 5 rings (SSSR count). The Morgan fingerprint density at radius 1 is 0.865 bits per heavy atom. The lowest BCUT2D eigenvalue weighted by atomic mass is 10.1. The van der Waals surface area contributed by atoms with Gasteiger partial charge in [-0.05, 0) is 61.0 Å². The third-order valence-electron chi connectivity index (χ3n) is 5.80. The minimum atomic E-state index is -0.390. The highest BCUT2D eigenvalue weighted by Gasteiger charge is 2.22. The van der Waals surface area contributed by atoms with Gasteiger partial charge in [0.05, 0.1) is 30.7 Å². The maximum atomic E-state index is 13.1. The Balaban J connectivity index is 1.41. The number of rotatable bonds is 8. The Hall–Kier alpha value is -4.76. The van der Waals surface area contributed by atoms with E-state index < -0.39 is 5.91 Å². The molecule has 1 N–H and O–H groups in total. The van der Waals surface area contributed by atoms with Crippen molar-refractivity contribution in [3.8, 4) is 28.4 Å². The van der Waals surface area contributed by atoms with Gasteiger partial charge in [0.25, 0.3) is 5.91 Å². The molecule has 0 saturated heterocycles. The van der Waals surface area contributed by atoms with Crippen molar-refractivity contribution in [1.29, 1.82) is 0 Å². The van der Waals surface area contributed by atoms with Crippen LogP contribution in [0.4, 0.5) is 5.69 Å². The fourth-order valence-corrected chi connectivity index (χ4v) is 3.97. The number of benzene rings is 3. The van der Waals surface area contributed by atoms with Crippen LogP contribution < -0.4 is 14.8 Å². The Bertz CT molecular complexity index is 1530. The zero-order chi connectivity index (χ0) is 25.8. The average Bonchev–Trinajstić information content (AvgIpc) is 3.30. The van der Waals surface area contributed by atoms with Crippen LogP contribution in [0.1, 0.15) is 21.9 Å². The molecule has 2 aromatic heterocycles. The molecule has 9 nitrogen and oxygen atoms in total. The van der Waals surface area contributed by atoms with Gasteiger partial charge in [0.15, 0.2) is 11.3 Å². The molecule has 3 aromatic carbocycles. The van der Waals surface area contributed by atoms with Gasteiger partial charge >= 0.3 is 0 Å². The lowest BCUT2D eigenvalue weighted by molar-refractivity contribution is 0.102. The summed E-state index contributed by atoms with van der Waals surface area (Å²) in [6.45, 7) is 2.07. The molecule has 0 saturated carbocycles. The molecule has 2 heterocycles. The van der Waals surface area contributed by atoms with Crippen molar-refractivity contribution >= 4 is 17.2 Å². The summed E-state index contributed by atoms with van der Waals surface area (Å²) in [5, 5.41) is 16.2. The van der Waals surface area contributed by atoms with E-state index in [2.05, 4.69) is 20.6 Å². The monoisotopic (exact) mass is 495 g/mol. The van der Waals surface area contributed by atoms with E-state index in [9.17, 15) is 4.79 Å². The third kappa shape index (κ3) is 4.98. The molecule has 0 aliphatic carbocycles. The first-order valence-electron chi connectivity index (χ1n) is 11.6. The van der Waals surface area contributed by atoms with Gasteiger partial charge in [-0.1, -0.05) is 30.3 Å². The van der Waals surface area contributed by atoms with E-state index in [1.807, 2.05) is 54.6 Å². The van der Waals surface area contributed by atoms with Gasteiger partial charge in [-0.2, -0.15) is 5.10 Å². The Kier molecular flexibility index (Phi) is 6.78. The van der Waals surface area contributed by atoms with Crippen LogP contribution in [0.15, 0.2) is 78.9 Å². The molecule has 5 aromatic rings. The van der Waals surface area contributed by atoms with Crippen molar-refractivity contribution in [3.63, 3.8) is 0 Å². The van der Waals surface area contributed by atoms with Crippen molar-refractivity contribution in [2.24, 2.45) is 0 Å². The number of nitrogens with zero attached hydrogens (tertiary/aromatic N) is 4. The van der Waals surface area contributed by atoms with Gasteiger partial charge in [0.1, 0.15) is 17.2 Å². The quantitative estimate of drug-likeness (QED) is 0.312. The van der Waals surface area contributed by atoms with Crippen molar-refractivity contribution in [2.75, 3.05) is 19.5 Å². The molecule has 0 atom stereocenters. The second-order valence-corrected chi connectivity index (χ2v) is 8.25. The summed E-state index contributed by atoms with van der Waals surface area (Å²) in [4.78, 5) is 13.1. The molecule has 0 spiro atoms. The van der Waals surface area contributed by atoms with Gasteiger partial charge in [-0.3, -0.25) is 4.79 Å². The molecule has 186 valence electrons. The fourth-order valence-electron chi connectivity index (χ4n) is 3.97. The molecule has 0 fully saturated rings. The molecule has 0 unspecified atom stereocenters. The van der Waals surface area contributed by atoms with E-state index in [1.165, 1.54) is 0 Å². The van der Waals surface area contributed by atoms with Crippen LogP contribution in [0.3, 0.4) is 0 Å². The number of hydrogen-bond donors (Lipinski definition) is 1. The number of ether oxygens (including phenoxy) is 3. The summed E-state index contributed by atoms with van der Waals surface area (Å²) in [5.74, 6) is 1.75. The molecular formula is C28H25N5O4. The molecule has 0 radical (unpaired) electrons. The predicted octanol–water partition coefficient (Wildman–Crippen LogP) is 5.30.